The van der Waals surface area contributed by atoms with Crippen molar-refractivity contribution < 1.29 is 0 Å². The minimum atomic E-state index is 0.614. The van der Waals surface area contributed by atoms with Gasteiger partial charge in [0, 0.05) is 19.0 Å². The third-order valence-corrected chi connectivity index (χ3v) is 3.78. The molecule has 1 atom stereocenters. The van der Waals surface area contributed by atoms with E-state index in [4.69, 9.17) is 0 Å². The second-order valence-electron chi connectivity index (χ2n) is 7.13. The fourth-order valence-corrected chi connectivity index (χ4v) is 2.73. The predicted molar refractivity (Wildman–Crippen MR) is 82.5 cm³/mol. The molecule has 0 aromatic carbocycles. The lowest BCUT2D eigenvalue weighted by Gasteiger charge is -2.20. The molecule has 1 fully saturated rings. The zero-order chi connectivity index (χ0) is 14.5. The Morgan fingerprint density at radius 2 is 2.00 bits per heavy atom. The van der Waals surface area contributed by atoms with Crippen LogP contribution in [0.25, 0.3) is 0 Å². The molecule has 0 radical (unpaired) electrons. The highest BCUT2D eigenvalue weighted by atomic mass is 15.3. The zero-order valence-electron chi connectivity index (χ0n) is 13.5. The van der Waals surface area contributed by atoms with E-state index in [1.807, 2.05) is 0 Å². The normalized spacial score (nSPS) is 17.1. The first-order chi connectivity index (χ1) is 9.54. The lowest BCUT2D eigenvalue weighted by Crippen LogP contribution is -2.28. The topological polar surface area (TPSA) is 42.7 Å². The molecule has 1 unspecified atom stereocenters. The van der Waals surface area contributed by atoms with Crippen LogP contribution in [0.1, 0.15) is 52.8 Å². The molecule has 0 amide bonds. The molecule has 1 N–H and O–H groups in total. The van der Waals surface area contributed by atoms with Gasteiger partial charge in [-0.25, -0.2) is 9.67 Å². The summed E-state index contributed by atoms with van der Waals surface area (Å²) < 4.78 is 2.09. The molecule has 114 valence electrons. The van der Waals surface area contributed by atoms with Gasteiger partial charge in [0.25, 0.3) is 0 Å². The van der Waals surface area contributed by atoms with Crippen molar-refractivity contribution in [3.8, 4) is 0 Å². The number of aromatic nitrogens is 3. The number of hydrogen-bond donors (Lipinski definition) is 1. The Kier molecular flexibility index (Phi) is 5.58. The van der Waals surface area contributed by atoms with Crippen LogP contribution >= 0.6 is 0 Å². The lowest BCUT2D eigenvalue weighted by molar-refractivity contribution is 0.365. The summed E-state index contributed by atoms with van der Waals surface area (Å²) >= 11 is 0. The molecule has 1 aliphatic rings. The monoisotopic (exact) mass is 278 g/mol. The molecular formula is C16H30N4. The largest absolute Gasteiger partial charge is 0.314 e. The van der Waals surface area contributed by atoms with Gasteiger partial charge < -0.3 is 5.32 Å². The second-order valence-corrected chi connectivity index (χ2v) is 7.13. The van der Waals surface area contributed by atoms with Crippen LogP contribution in [0.15, 0.2) is 6.33 Å². The summed E-state index contributed by atoms with van der Waals surface area (Å²) in [6.45, 7) is 11.2. The SMILES string of the molecule is CC(C)CC(CNC1CC1)Cc1ncnn1CC(C)C. The van der Waals surface area contributed by atoms with Crippen LogP contribution in [-0.4, -0.2) is 27.4 Å². The van der Waals surface area contributed by atoms with Gasteiger partial charge in [0.2, 0.25) is 0 Å². The van der Waals surface area contributed by atoms with E-state index in [0.29, 0.717) is 11.8 Å². The molecule has 0 saturated heterocycles. The van der Waals surface area contributed by atoms with Crippen molar-refractivity contribution >= 4 is 0 Å². The van der Waals surface area contributed by atoms with Crippen molar-refractivity contribution in [2.24, 2.45) is 17.8 Å². The maximum atomic E-state index is 4.48. The quantitative estimate of drug-likeness (QED) is 0.755. The van der Waals surface area contributed by atoms with Crippen molar-refractivity contribution in [3.05, 3.63) is 12.2 Å². The molecule has 4 heteroatoms. The first-order valence-electron chi connectivity index (χ1n) is 8.14. The molecule has 0 bridgehead atoms. The van der Waals surface area contributed by atoms with Crippen LogP contribution in [0.3, 0.4) is 0 Å². The molecular weight excluding hydrogens is 248 g/mol. The third kappa shape index (κ3) is 5.23. The molecule has 1 heterocycles. The fraction of sp³-hybridized carbons (Fsp3) is 0.875. The highest BCUT2D eigenvalue weighted by Crippen LogP contribution is 2.21. The van der Waals surface area contributed by atoms with E-state index >= 15 is 0 Å². The van der Waals surface area contributed by atoms with Crippen molar-refractivity contribution in [1.82, 2.24) is 20.1 Å². The highest BCUT2D eigenvalue weighted by molar-refractivity contribution is 4.90. The van der Waals surface area contributed by atoms with Gasteiger partial charge in [0.05, 0.1) is 0 Å². The van der Waals surface area contributed by atoms with Gasteiger partial charge in [-0.05, 0) is 43.6 Å². The van der Waals surface area contributed by atoms with Crippen molar-refractivity contribution in [3.63, 3.8) is 0 Å². The van der Waals surface area contributed by atoms with Crippen molar-refractivity contribution in [1.29, 1.82) is 0 Å². The Labute approximate surface area is 123 Å². The third-order valence-electron chi connectivity index (χ3n) is 3.78. The zero-order valence-corrected chi connectivity index (χ0v) is 13.5. The standard InChI is InChI=1S/C16H30N4/c1-12(2)7-14(9-17-15-5-6-15)8-16-18-11-19-20(16)10-13(3)4/h11-15,17H,5-10H2,1-4H3. The molecule has 0 aliphatic heterocycles. The summed E-state index contributed by atoms with van der Waals surface area (Å²) in [5.41, 5.74) is 0. The summed E-state index contributed by atoms with van der Waals surface area (Å²) in [7, 11) is 0. The molecule has 1 aromatic heterocycles. The Balaban J connectivity index is 1.92. The average molecular weight is 278 g/mol. The van der Waals surface area contributed by atoms with Crippen molar-refractivity contribution in [2.45, 2.75) is 66.0 Å². The van der Waals surface area contributed by atoms with Gasteiger partial charge in [0.1, 0.15) is 12.2 Å². The van der Waals surface area contributed by atoms with E-state index in [1.54, 1.807) is 6.33 Å². The number of hydrogen-bond acceptors (Lipinski definition) is 3. The Bertz CT molecular complexity index is 393. The first-order valence-corrected chi connectivity index (χ1v) is 8.14. The van der Waals surface area contributed by atoms with Gasteiger partial charge in [-0.2, -0.15) is 5.10 Å². The summed E-state index contributed by atoms with van der Waals surface area (Å²) in [5.74, 6) is 3.18. The molecule has 1 saturated carbocycles. The molecule has 20 heavy (non-hydrogen) atoms. The summed E-state index contributed by atoms with van der Waals surface area (Å²) in [6, 6.07) is 0.790. The van der Waals surface area contributed by atoms with E-state index < -0.39 is 0 Å². The summed E-state index contributed by atoms with van der Waals surface area (Å²) in [6.07, 6.45) is 6.73. The summed E-state index contributed by atoms with van der Waals surface area (Å²) in [5, 5.41) is 8.06. The number of rotatable bonds is 9. The van der Waals surface area contributed by atoms with E-state index in [2.05, 4.69) is 47.8 Å². The Hall–Kier alpha value is -0.900. The minimum Gasteiger partial charge on any atom is -0.314 e. The molecule has 1 aliphatic carbocycles. The summed E-state index contributed by atoms with van der Waals surface area (Å²) in [4.78, 5) is 4.48. The molecule has 4 nitrogen and oxygen atoms in total. The molecule has 2 rings (SSSR count). The number of nitrogens with one attached hydrogen (secondary N) is 1. The maximum Gasteiger partial charge on any atom is 0.138 e. The van der Waals surface area contributed by atoms with E-state index in [0.717, 1.165) is 37.3 Å². The van der Waals surface area contributed by atoms with E-state index in [-0.39, 0.29) is 0 Å². The Morgan fingerprint density at radius 3 is 2.60 bits per heavy atom. The Morgan fingerprint density at radius 1 is 1.25 bits per heavy atom. The molecule has 1 aromatic rings. The van der Waals surface area contributed by atoms with Gasteiger partial charge in [-0.3, -0.25) is 0 Å². The van der Waals surface area contributed by atoms with Crippen LogP contribution in [-0.2, 0) is 13.0 Å². The maximum absolute atomic E-state index is 4.48. The second kappa shape index (κ2) is 7.21. The van der Waals surface area contributed by atoms with E-state index in [9.17, 15) is 0 Å². The van der Waals surface area contributed by atoms with Gasteiger partial charge in [0.15, 0.2) is 0 Å². The minimum absolute atomic E-state index is 0.614. The van der Waals surface area contributed by atoms with Gasteiger partial charge in [-0.1, -0.05) is 27.7 Å². The van der Waals surface area contributed by atoms with Crippen LogP contribution in [0.4, 0.5) is 0 Å². The average Bonchev–Trinajstić information content (AvgIpc) is 3.08. The molecule has 0 spiro atoms. The smallest absolute Gasteiger partial charge is 0.138 e. The van der Waals surface area contributed by atoms with E-state index in [1.165, 1.54) is 19.3 Å². The van der Waals surface area contributed by atoms with Crippen LogP contribution in [0.5, 0.6) is 0 Å². The van der Waals surface area contributed by atoms with Crippen molar-refractivity contribution in [2.75, 3.05) is 6.54 Å². The predicted octanol–water partition coefficient (Wildman–Crippen LogP) is 2.89. The van der Waals surface area contributed by atoms with Crippen LogP contribution < -0.4 is 5.32 Å². The van der Waals surface area contributed by atoms with Crippen LogP contribution in [0.2, 0.25) is 0 Å². The lowest BCUT2D eigenvalue weighted by atomic mass is 9.93. The highest BCUT2D eigenvalue weighted by Gasteiger charge is 2.23. The fourth-order valence-electron chi connectivity index (χ4n) is 2.73. The van der Waals surface area contributed by atoms with Gasteiger partial charge in [-0.15, -0.1) is 0 Å². The first kappa shape index (κ1) is 15.5. The number of nitrogens with zero attached hydrogens (tertiary/aromatic N) is 3. The van der Waals surface area contributed by atoms with Gasteiger partial charge >= 0.3 is 0 Å². The van der Waals surface area contributed by atoms with Crippen LogP contribution in [0, 0.1) is 17.8 Å².